The maximum Gasteiger partial charge on any atom is 0.236 e. The van der Waals surface area contributed by atoms with Crippen LogP contribution in [0.1, 0.15) is 44.9 Å². The minimum Gasteiger partial charge on any atom is -0.282 e. The van der Waals surface area contributed by atoms with Gasteiger partial charge in [-0.25, -0.2) is 0 Å². The Kier molecular flexibility index (Phi) is 3.39. The Morgan fingerprint density at radius 1 is 1.28 bits per heavy atom. The summed E-state index contributed by atoms with van der Waals surface area (Å²) in [5, 5.41) is 0. The fraction of sp³-hybridized carbons (Fsp3) is 0.857. The molecule has 0 aromatic heterocycles. The highest BCUT2D eigenvalue weighted by Crippen LogP contribution is 2.45. The minimum absolute atomic E-state index is 0.0838. The topological polar surface area (TPSA) is 37.4 Å². The molecule has 1 spiro atoms. The zero-order valence-corrected chi connectivity index (χ0v) is 11.6. The average molecular weight is 267 g/mol. The number of nitrogens with zero attached hydrogens (tertiary/aromatic N) is 1. The van der Waals surface area contributed by atoms with E-state index in [0.717, 1.165) is 30.3 Å². The van der Waals surface area contributed by atoms with Gasteiger partial charge in [0.25, 0.3) is 0 Å². The first-order valence-electron chi connectivity index (χ1n) is 7.14. The number of imide groups is 1. The van der Waals surface area contributed by atoms with Gasteiger partial charge in [-0.1, -0.05) is 25.7 Å². The predicted molar refractivity (Wildman–Crippen MR) is 72.3 cm³/mol. The summed E-state index contributed by atoms with van der Waals surface area (Å²) in [7, 11) is 0. The van der Waals surface area contributed by atoms with E-state index in [2.05, 4.69) is 0 Å². The van der Waals surface area contributed by atoms with Crippen LogP contribution in [0.15, 0.2) is 0 Å². The monoisotopic (exact) mass is 267 g/mol. The van der Waals surface area contributed by atoms with Crippen LogP contribution < -0.4 is 0 Å². The molecule has 1 aliphatic carbocycles. The summed E-state index contributed by atoms with van der Waals surface area (Å²) < 4.78 is 0. The first kappa shape index (κ1) is 12.5. The van der Waals surface area contributed by atoms with Crippen molar-refractivity contribution in [2.45, 2.75) is 44.9 Å². The third-order valence-corrected chi connectivity index (χ3v) is 6.08. The summed E-state index contributed by atoms with van der Waals surface area (Å²) in [6.45, 7) is 0.675. The van der Waals surface area contributed by atoms with Gasteiger partial charge in [0.05, 0.1) is 5.41 Å². The van der Waals surface area contributed by atoms with E-state index in [1.54, 1.807) is 4.90 Å². The molecule has 2 aliphatic heterocycles. The van der Waals surface area contributed by atoms with Gasteiger partial charge in [-0.2, -0.15) is 11.8 Å². The van der Waals surface area contributed by atoms with E-state index in [0.29, 0.717) is 13.0 Å². The van der Waals surface area contributed by atoms with Gasteiger partial charge < -0.3 is 0 Å². The van der Waals surface area contributed by atoms with Gasteiger partial charge in [0, 0.05) is 18.7 Å². The number of hydrogen-bond donors (Lipinski definition) is 0. The molecule has 3 rings (SSSR count). The van der Waals surface area contributed by atoms with E-state index in [4.69, 9.17) is 0 Å². The zero-order valence-electron chi connectivity index (χ0n) is 10.8. The van der Waals surface area contributed by atoms with Crippen molar-refractivity contribution in [2.24, 2.45) is 11.3 Å². The Morgan fingerprint density at radius 2 is 2.06 bits per heavy atom. The van der Waals surface area contributed by atoms with Gasteiger partial charge >= 0.3 is 0 Å². The van der Waals surface area contributed by atoms with Crippen LogP contribution in [-0.4, -0.2) is 34.8 Å². The molecule has 18 heavy (non-hydrogen) atoms. The van der Waals surface area contributed by atoms with Crippen molar-refractivity contribution >= 4 is 23.6 Å². The Balaban J connectivity index is 1.61. The van der Waals surface area contributed by atoms with Gasteiger partial charge in [-0.3, -0.25) is 14.5 Å². The number of amides is 2. The molecule has 3 aliphatic rings. The van der Waals surface area contributed by atoms with Crippen LogP contribution in [0.5, 0.6) is 0 Å². The van der Waals surface area contributed by atoms with Gasteiger partial charge in [0.15, 0.2) is 0 Å². The molecule has 3 fully saturated rings. The first-order chi connectivity index (χ1) is 8.71. The van der Waals surface area contributed by atoms with Crippen molar-refractivity contribution < 1.29 is 9.59 Å². The van der Waals surface area contributed by atoms with Crippen LogP contribution in [0.4, 0.5) is 0 Å². The van der Waals surface area contributed by atoms with Crippen molar-refractivity contribution in [1.82, 2.24) is 4.90 Å². The van der Waals surface area contributed by atoms with E-state index in [-0.39, 0.29) is 17.2 Å². The van der Waals surface area contributed by atoms with Gasteiger partial charge in [0.1, 0.15) is 0 Å². The highest BCUT2D eigenvalue weighted by molar-refractivity contribution is 7.99. The fourth-order valence-corrected chi connectivity index (χ4v) is 5.05. The van der Waals surface area contributed by atoms with E-state index < -0.39 is 0 Å². The molecular weight excluding hydrogens is 246 g/mol. The Bertz CT molecular complexity index is 357. The number of carbonyl (C=O) groups is 2. The Hall–Kier alpha value is -0.510. The molecule has 2 heterocycles. The third-order valence-electron chi connectivity index (χ3n) is 4.83. The largest absolute Gasteiger partial charge is 0.282 e. The lowest BCUT2D eigenvalue weighted by atomic mass is 9.86. The highest BCUT2D eigenvalue weighted by Gasteiger charge is 2.52. The smallest absolute Gasteiger partial charge is 0.236 e. The Morgan fingerprint density at radius 3 is 2.72 bits per heavy atom. The molecule has 4 heteroatoms. The molecule has 1 saturated carbocycles. The SMILES string of the molecule is O=C1CC2(CCSC2)C(=O)N1CCC1CCCC1. The van der Waals surface area contributed by atoms with Crippen molar-refractivity contribution in [3.05, 3.63) is 0 Å². The summed E-state index contributed by atoms with van der Waals surface area (Å²) in [5.74, 6) is 2.86. The van der Waals surface area contributed by atoms with Crippen LogP contribution in [0.25, 0.3) is 0 Å². The summed E-state index contributed by atoms with van der Waals surface area (Å²) in [5.41, 5.74) is -0.308. The second kappa shape index (κ2) is 4.87. The minimum atomic E-state index is -0.308. The molecule has 2 amide bonds. The molecule has 0 aromatic rings. The molecule has 1 unspecified atom stereocenters. The van der Waals surface area contributed by atoms with Crippen molar-refractivity contribution in [1.29, 1.82) is 0 Å². The standard InChI is InChI=1S/C14H21NO2S/c16-12-9-14(6-8-18-10-14)13(17)15(12)7-5-11-3-1-2-4-11/h11H,1-10H2. The molecule has 100 valence electrons. The fourth-order valence-electron chi connectivity index (χ4n) is 3.61. The van der Waals surface area contributed by atoms with Crippen LogP contribution in [0.2, 0.25) is 0 Å². The third kappa shape index (κ3) is 2.09. The van der Waals surface area contributed by atoms with E-state index in [1.807, 2.05) is 11.8 Å². The van der Waals surface area contributed by atoms with Crippen LogP contribution in [-0.2, 0) is 9.59 Å². The van der Waals surface area contributed by atoms with E-state index in [9.17, 15) is 9.59 Å². The molecule has 0 bridgehead atoms. The van der Waals surface area contributed by atoms with Crippen LogP contribution >= 0.6 is 11.8 Å². The maximum absolute atomic E-state index is 12.4. The average Bonchev–Trinajstić information content (AvgIpc) is 3.03. The first-order valence-corrected chi connectivity index (χ1v) is 8.29. The van der Waals surface area contributed by atoms with Gasteiger partial charge in [-0.15, -0.1) is 0 Å². The number of carbonyl (C=O) groups excluding carboxylic acids is 2. The van der Waals surface area contributed by atoms with Gasteiger partial charge in [0.2, 0.25) is 11.8 Å². The lowest BCUT2D eigenvalue weighted by molar-refractivity contribution is -0.141. The van der Waals surface area contributed by atoms with Crippen molar-refractivity contribution in [3.8, 4) is 0 Å². The second-order valence-corrected chi connectivity index (χ2v) is 7.15. The second-order valence-electron chi connectivity index (χ2n) is 6.05. The number of hydrogen-bond acceptors (Lipinski definition) is 3. The molecule has 3 nitrogen and oxygen atoms in total. The van der Waals surface area contributed by atoms with Crippen molar-refractivity contribution in [2.75, 3.05) is 18.1 Å². The number of rotatable bonds is 3. The zero-order chi connectivity index (χ0) is 12.6. The lowest BCUT2D eigenvalue weighted by Gasteiger charge is -2.21. The highest BCUT2D eigenvalue weighted by atomic mass is 32.2. The summed E-state index contributed by atoms with van der Waals surface area (Å²) in [4.78, 5) is 26.1. The summed E-state index contributed by atoms with van der Waals surface area (Å²) in [6, 6.07) is 0. The molecule has 2 saturated heterocycles. The van der Waals surface area contributed by atoms with Gasteiger partial charge in [-0.05, 0) is 24.5 Å². The lowest BCUT2D eigenvalue weighted by Crippen LogP contribution is -2.36. The molecule has 1 atom stereocenters. The van der Waals surface area contributed by atoms with Crippen LogP contribution in [0, 0.1) is 11.3 Å². The van der Waals surface area contributed by atoms with E-state index in [1.165, 1.54) is 25.7 Å². The molecule has 0 radical (unpaired) electrons. The predicted octanol–water partition coefficient (Wildman–Crippen LogP) is 2.45. The molecule has 0 N–H and O–H groups in total. The number of likely N-dealkylation sites (tertiary alicyclic amines) is 1. The molecular formula is C14H21NO2S. The quantitative estimate of drug-likeness (QED) is 0.737. The summed E-state index contributed by atoms with van der Waals surface area (Å²) >= 11 is 1.82. The normalized spacial score (nSPS) is 33.2. The van der Waals surface area contributed by atoms with Crippen LogP contribution in [0.3, 0.4) is 0 Å². The molecule has 0 aromatic carbocycles. The van der Waals surface area contributed by atoms with E-state index >= 15 is 0 Å². The maximum atomic E-state index is 12.4. The summed E-state index contributed by atoms with van der Waals surface area (Å²) in [6.07, 6.45) is 7.64. The Labute approximate surface area is 113 Å². The number of thioether (sulfide) groups is 1. The van der Waals surface area contributed by atoms with Crippen molar-refractivity contribution in [3.63, 3.8) is 0 Å².